The van der Waals surface area contributed by atoms with Gasteiger partial charge in [-0.15, -0.1) is 0 Å². The van der Waals surface area contributed by atoms with Gasteiger partial charge < -0.3 is 0 Å². The SMILES string of the molecule is O=[N+]([O-])c1cc(C(F)F)c(I)nc1Br. The predicted octanol–water partition coefficient (Wildman–Crippen LogP) is 3.29. The molecular formula is C6H2BrF2IN2O2. The van der Waals surface area contributed by atoms with Crippen LogP contribution in [0, 0.1) is 13.8 Å². The van der Waals surface area contributed by atoms with Crippen molar-refractivity contribution in [2.45, 2.75) is 6.43 Å². The number of nitro groups is 1. The van der Waals surface area contributed by atoms with Crippen LogP contribution in [0.3, 0.4) is 0 Å². The minimum Gasteiger partial charge on any atom is -0.258 e. The van der Waals surface area contributed by atoms with E-state index < -0.39 is 22.6 Å². The highest BCUT2D eigenvalue weighted by Gasteiger charge is 2.21. The molecule has 0 aliphatic heterocycles. The van der Waals surface area contributed by atoms with Crippen molar-refractivity contribution in [3.8, 4) is 0 Å². The fourth-order valence-electron chi connectivity index (χ4n) is 0.755. The lowest BCUT2D eigenvalue weighted by atomic mass is 10.3. The van der Waals surface area contributed by atoms with Gasteiger partial charge in [0.15, 0.2) is 4.60 Å². The normalized spacial score (nSPS) is 10.6. The number of rotatable bonds is 2. The summed E-state index contributed by atoms with van der Waals surface area (Å²) in [7, 11) is 0. The topological polar surface area (TPSA) is 56.0 Å². The minimum absolute atomic E-state index is 0.0451. The van der Waals surface area contributed by atoms with Gasteiger partial charge in [-0.2, -0.15) is 0 Å². The molecule has 14 heavy (non-hydrogen) atoms. The molecule has 4 nitrogen and oxygen atoms in total. The maximum atomic E-state index is 12.3. The number of hydrogen-bond donors (Lipinski definition) is 0. The zero-order valence-corrected chi connectivity index (χ0v) is 10.1. The molecule has 0 fully saturated rings. The third kappa shape index (κ3) is 2.35. The molecule has 0 spiro atoms. The molecule has 0 saturated carbocycles. The Morgan fingerprint density at radius 2 is 2.21 bits per heavy atom. The molecule has 0 atom stereocenters. The van der Waals surface area contributed by atoms with Gasteiger partial charge in [-0.05, 0) is 38.5 Å². The van der Waals surface area contributed by atoms with Gasteiger partial charge in [-0.1, -0.05) is 0 Å². The van der Waals surface area contributed by atoms with Crippen molar-refractivity contribution >= 4 is 44.2 Å². The van der Waals surface area contributed by atoms with Crippen LogP contribution in [0.2, 0.25) is 0 Å². The summed E-state index contributed by atoms with van der Waals surface area (Å²) >= 11 is 4.43. The third-order valence-electron chi connectivity index (χ3n) is 1.37. The summed E-state index contributed by atoms with van der Waals surface area (Å²) in [6.07, 6.45) is -2.76. The van der Waals surface area contributed by atoms with Crippen LogP contribution in [0.1, 0.15) is 12.0 Å². The summed E-state index contributed by atoms with van der Waals surface area (Å²) in [4.78, 5) is 13.2. The maximum absolute atomic E-state index is 12.3. The first-order valence-electron chi connectivity index (χ1n) is 3.22. The molecule has 0 saturated heterocycles. The van der Waals surface area contributed by atoms with Crippen molar-refractivity contribution < 1.29 is 13.7 Å². The Kier molecular flexibility index (Phi) is 3.70. The fraction of sp³-hybridized carbons (Fsp3) is 0.167. The van der Waals surface area contributed by atoms with Crippen molar-refractivity contribution in [1.82, 2.24) is 4.98 Å². The number of aromatic nitrogens is 1. The molecule has 0 amide bonds. The lowest BCUT2D eigenvalue weighted by Crippen LogP contribution is -1.99. The van der Waals surface area contributed by atoms with Gasteiger partial charge in [0.05, 0.1) is 10.5 Å². The number of halogens is 4. The number of alkyl halides is 2. The first kappa shape index (κ1) is 11.7. The third-order valence-corrected chi connectivity index (χ3v) is 2.82. The average Bonchev–Trinajstić information content (AvgIpc) is 2.02. The van der Waals surface area contributed by atoms with Crippen LogP contribution in [0.25, 0.3) is 0 Å². The van der Waals surface area contributed by atoms with Crippen molar-refractivity contribution in [3.05, 3.63) is 30.0 Å². The minimum atomic E-state index is -2.76. The van der Waals surface area contributed by atoms with Gasteiger partial charge in [-0.25, -0.2) is 13.8 Å². The molecule has 1 aromatic rings. The Balaban J connectivity index is 3.34. The van der Waals surface area contributed by atoms with E-state index in [4.69, 9.17) is 0 Å². The van der Waals surface area contributed by atoms with Gasteiger partial charge in [0, 0.05) is 6.07 Å². The Hall–Kier alpha value is -0.380. The molecule has 1 heterocycles. The highest BCUT2D eigenvalue weighted by Crippen LogP contribution is 2.31. The molecular weight excluding hydrogens is 377 g/mol. The van der Waals surface area contributed by atoms with Crippen LogP contribution < -0.4 is 0 Å². The highest BCUT2D eigenvalue weighted by atomic mass is 127. The van der Waals surface area contributed by atoms with Crippen LogP contribution in [0.5, 0.6) is 0 Å². The molecule has 0 aliphatic rings. The van der Waals surface area contributed by atoms with E-state index in [9.17, 15) is 18.9 Å². The maximum Gasteiger partial charge on any atom is 0.302 e. The quantitative estimate of drug-likeness (QED) is 0.343. The summed E-state index contributed by atoms with van der Waals surface area (Å²) in [6.45, 7) is 0. The average molecular weight is 379 g/mol. The lowest BCUT2D eigenvalue weighted by Gasteiger charge is -2.03. The van der Waals surface area contributed by atoms with Gasteiger partial charge >= 0.3 is 5.69 Å². The zero-order valence-electron chi connectivity index (χ0n) is 6.38. The Morgan fingerprint density at radius 3 is 2.64 bits per heavy atom. The monoisotopic (exact) mass is 378 g/mol. The smallest absolute Gasteiger partial charge is 0.258 e. The number of hydrogen-bond acceptors (Lipinski definition) is 3. The molecule has 0 unspecified atom stereocenters. The fourth-order valence-corrected chi connectivity index (χ4v) is 2.16. The van der Waals surface area contributed by atoms with E-state index >= 15 is 0 Å². The molecule has 1 rings (SSSR count). The molecule has 76 valence electrons. The molecule has 0 bridgehead atoms. The van der Waals surface area contributed by atoms with Crippen LogP contribution in [0.4, 0.5) is 14.5 Å². The first-order valence-corrected chi connectivity index (χ1v) is 5.09. The van der Waals surface area contributed by atoms with Gasteiger partial charge in [0.25, 0.3) is 6.43 Å². The number of nitrogens with zero attached hydrogens (tertiary/aromatic N) is 2. The molecule has 8 heteroatoms. The van der Waals surface area contributed by atoms with Crippen LogP contribution in [-0.2, 0) is 0 Å². The van der Waals surface area contributed by atoms with Crippen molar-refractivity contribution in [2.24, 2.45) is 0 Å². The second-order valence-electron chi connectivity index (χ2n) is 2.24. The lowest BCUT2D eigenvalue weighted by molar-refractivity contribution is -0.386. The highest BCUT2D eigenvalue weighted by molar-refractivity contribution is 14.1. The van der Waals surface area contributed by atoms with Crippen molar-refractivity contribution in [3.63, 3.8) is 0 Å². The Labute approximate surface area is 99.1 Å². The van der Waals surface area contributed by atoms with Crippen molar-refractivity contribution in [1.29, 1.82) is 0 Å². The summed E-state index contributed by atoms with van der Waals surface area (Å²) < 4.78 is 24.6. The largest absolute Gasteiger partial charge is 0.302 e. The van der Waals surface area contributed by atoms with E-state index in [1.165, 1.54) is 0 Å². The summed E-state index contributed by atoms with van der Waals surface area (Å²) in [5, 5.41) is 10.4. The zero-order chi connectivity index (χ0) is 10.9. The van der Waals surface area contributed by atoms with Gasteiger partial charge in [0.2, 0.25) is 0 Å². The second kappa shape index (κ2) is 4.43. The van der Waals surface area contributed by atoms with Gasteiger partial charge in [0.1, 0.15) is 3.70 Å². The van der Waals surface area contributed by atoms with Crippen molar-refractivity contribution in [2.75, 3.05) is 0 Å². The van der Waals surface area contributed by atoms with E-state index in [2.05, 4.69) is 20.9 Å². The Bertz CT molecular complexity index is 388. The summed E-state index contributed by atoms with van der Waals surface area (Å²) in [5.41, 5.74) is -0.888. The molecule has 0 aromatic carbocycles. The molecule has 1 aromatic heterocycles. The molecule has 0 N–H and O–H groups in total. The first-order chi connectivity index (χ1) is 6.43. The van der Waals surface area contributed by atoms with E-state index in [1.807, 2.05) is 0 Å². The molecule has 0 radical (unpaired) electrons. The Morgan fingerprint density at radius 1 is 1.64 bits per heavy atom. The predicted molar refractivity (Wildman–Crippen MR) is 56.3 cm³/mol. The molecule has 0 aliphatic carbocycles. The standard InChI is InChI=1S/C6H2BrF2IN2O2/c7-4-3(12(13)14)1-2(5(8)9)6(10)11-4/h1,5H. The van der Waals surface area contributed by atoms with E-state index in [0.29, 0.717) is 0 Å². The van der Waals surface area contributed by atoms with Crippen LogP contribution in [-0.4, -0.2) is 9.91 Å². The van der Waals surface area contributed by atoms with Gasteiger partial charge in [-0.3, -0.25) is 10.1 Å². The number of pyridine rings is 1. The summed E-state index contributed by atoms with van der Waals surface area (Å²) in [5.74, 6) is 0. The van der Waals surface area contributed by atoms with E-state index in [0.717, 1.165) is 6.07 Å². The van der Waals surface area contributed by atoms with Crippen LogP contribution >= 0.6 is 38.5 Å². The summed E-state index contributed by atoms with van der Waals surface area (Å²) in [6, 6.07) is 0.823. The second-order valence-corrected chi connectivity index (χ2v) is 4.01. The van der Waals surface area contributed by atoms with Crippen LogP contribution in [0.15, 0.2) is 10.7 Å². The van der Waals surface area contributed by atoms with E-state index in [-0.39, 0.29) is 8.30 Å². The van der Waals surface area contributed by atoms with E-state index in [1.54, 1.807) is 22.6 Å².